The van der Waals surface area contributed by atoms with Crippen LogP contribution in [0.1, 0.15) is 18.1 Å². The largest absolute Gasteiger partial charge is 0.381 e. The van der Waals surface area contributed by atoms with Crippen LogP contribution in [0.15, 0.2) is 36.4 Å². The lowest BCUT2D eigenvalue weighted by Gasteiger charge is -2.11. The van der Waals surface area contributed by atoms with Gasteiger partial charge in [0.05, 0.1) is 0 Å². The third-order valence-electron chi connectivity index (χ3n) is 2.96. The summed E-state index contributed by atoms with van der Waals surface area (Å²) in [4.78, 5) is 11.0. The van der Waals surface area contributed by atoms with E-state index >= 15 is 0 Å². The van der Waals surface area contributed by atoms with Crippen LogP contribution in [0, 0.1) is 18.6 Å². The highest BCUT2D eigenvalue weighted by atomic mass is 19.1. The summed E-state index contributed by atoms with van der Waals surface area (Å²) in [5.41, 5.74) is 2.98. The van der Waals surface area contributed by atoms with Crippen molar-refractivity contribution in [3.05, 3.63) is 59.2 Å². The van der Waals surface area contributed by atoms with E-state index in [2.05, 4.69) is 10.6 Å². The van der Waals surface area contributed by atoms with Gasteiger partial charge in [-0.25, -0.2) is 8.78 Å². The van der Waals surface area contributed by atoms with Crippen molar-refractivity contribution < 1.29 is 13.6 Å². The standard InChI is InChI=1S/C16H16F2N2O/c1-10-5-15(3-4-16(10)20-11(2)21)19-9-12-6-13(17)8-14(18)7-12/h3-8,19H,9H2,1-2H3,(H,20,21). The fraction of sp³-hybridized carbons (Fsp3) is 0.188. The third kappa shape index (κ3) is 4.27. The summed E-state index contributed by atoms with van der Waals surface area (Å²) in [6.07, 6.45) is 0. The third-order valence-corrected chi connectivity index (χ3v) is 2.96. The Hall–Kier alpha value is -2.43. The van der Waals surface area contributed by atoms with Crippen LogP contribution in [0.5, 0.6) is 0 Å². The molecule has 2 aromatic carbocycles. The fourth-order valence-electron chi connectivity index (χ4n) is 2.02. The Morgan fingerprint density at radius 1 is 1.10 bits per heavy atom. The number of anilines is 2. The molecule has 2 N–H and O–H groups in total. The fourth-order valence-corrected chi connectivity index (χ4v) is 2.02. The topological polar surface area (TPSA) is 41.1 Å². The number of hydrogen-bond donors (Lipinski definition) is 2. The van der Waals surface area contributed by atoms with Crippen molar-refractivity contribution in [3.8, 4) is 0 Å². The van der Waals surface area contributed by atoms with Gasteiger partial charge in [0.25, 0.3) is 0 Å². The van der Waals surface area contributed by atoms with Gasteiger partial charge in [0, 0.05) is 30.9 Å². The number of hydrogen-bond acceptors (Lipinski definition) is 2. The van der Waals surface area contributed by atoms with Gasteiger partial charge in [-0.1, -0.05) is 0 Å². The number of amides is 1. The highest BCUT2D eigenvalue weighted by Gasteiger charge is 2.03. The lowest BCUT2D eigenvalue weighted by atomic mass is 10.1. The molecular formula is C16H16F2N2O. The number of aryl methyl sites for hydroxylation is 1. The van der Waals surface area contributed by atoms with E-state index in [0.29, 0.717) is 12.1 Å². The SMILES string of the molecule is CC(=O)Nc1ccc(NCc2cc(F)cc(F)c2)cc1C. The molecule has 0 fully saturated rings. The van der Waals surface area contributed by atoms with Crippen molar-refractivity contribution in [2.75, 3.05) is 10.6 Å². The van der Waals surface area contributed by atoms with Gasteiger partial charge < -0.3 is 10.6 Å². The van der Waals surface area contributed by atoms with Crippen LogP contribution in [0.4, 0.5) is 20.2 Å². The van der Waals surface area contributed by atoms with Crippen molar-refractivity contribution in [3.63, 3.8) is 0 Å². The molecule has 110 valence electrons. The summed E-state index contributed by atoms with van der Waals surface area (Å²) in [5.74, 6) is -1.32. The maximum Gasteiger partial charge on any atom is 0.221 e. The Labute approximate surface area is 122 Å². The van der Waals surface area contributed by atoms with Crippen LogP contribution in [-0.4, -0.2) is 5.91 Å². The quantitative estimate of drug-likeness (QED) is 0.898. The zero-order valence-electron chi connectivity index (χ0n) is 11.8. The lowest BCUT2D eigenvalue weighted by Crippen LogP contribution is -2.07. The molecule has 0 aliphatic carbocycles. The number of nitrogens with one attached hydrogen (secondary N) is 2. The molecule has 0 saturated carbocycles. The molecular weight excluding hydrogens is 274 g/mol. The first-order valence-electron chi connectivity index (χ1n) is 6.51. The van der Waals surface area contributed by atoms with Gasteiger partial charge >= 0.3 is 0 Å². The number of rotatable bonds is 4. The Morgan fingerprint density at radius 3 is 2.33 bits per heavy atom. The molecule has 0 saturated heterocycles. The molecule has 0 bridgehead atoms. The van der Waals surface area contributed by atoms with E-state index in [0.717, 1.165) is 23.0 Å². The second-order valence-electron chi connectivity index (χ2n) is 4.84. The van der Waals surface area contributed by atoms with Gasteiger partial charge in [-0.15, -0.1) is 0 Å². The highest BCUT2D eigenvalue weighted by Crippen LogP contribution is 2.20. The molecule has 0 aromatic heterocycles. The van der Waals surface area contributed by atoms with Gasteiger partial charge in [0.1, 0.15) is 11.6 Å². The minimum Gasteiger partial charge on any atom is -0.381 e. The first-order chi connectivity index (χ1) is 9.94. The Balaban J connectivity index is 2.06. The van der Waals surface area contributed by atoms with Crippen LogP contribution in [0.25, 0.3) is 0 Å². The smallest absolute Gasteiger partial charge is 0.221 e. The predicted molar refractivity (Wildman–Crippen MR) is 79.2 cm³/mol. The molecule has 0 unspecified atom stereocenters. The minimum absolute atomic E-state index is 0.131. The van der Waals surface area contributed by atoms with Crippen LogP contribution in [0.2, 0.25) is 0 Å². The molecule has 2 rings (SSSR count). The zero-order chi connectivity index (χ0) is 15.4. The average Bonchev–Trinajstić information content (AvgIpc) is 2.38. The Kier molecular flexibility index (Phi) is 4.52. The summed E-state index contributed by atoms with van der Waals surface area (Å²) < 4.78 is 26.2. The molecule has 0 heterocycles. The summed E-state index contributed by atoms with van der Waals surface area (Å²) in [6, 6.07) is 8.86. The van der Waals surface area contributed by atoms with Gasteiger partial charge in [-0.3, -0.25) is 4.79 Å². The summed E-state index contributed by atoms with van der Waals surface area (Å²) in [6.45, 7) is 3.63. The summed E-state index contributed by atoms with van der Waals surface area (Å²) in [7, 11) is 0. The second kappa shape index (κ2) is 6.35. The molecule has 21 heavy (non-hydrogen) atoms. The van der Waals surface area contributed by atoms with Crippen molar-refractivity contribution in [2.45, 2.75) is 20.4 Å². The van der Waals surface area contributed by atoms with E-state index in [-0.39, 0.29) is 5.91 Å². The number of carbonyl (C=O) groups is 1. The van der Waals surface area contributed by atoms with E-state index in [4.69, 9.17) is 0 Å². The van der Waals surface area contributed by atoms with Crippen LogP contribution in [-0.2, 0) is 11.3 Å². The normalized spacial score (nSPS) is 10.3. The number of carbonyl (C=O) groups excluding carboxylic acids is 1. The highest BCUT2D eigenvalue weighted by molar-refractivity contribution is 5.89. The summed E-state index contributed by atoms with van der Waals surface area (Å²) in [5, 5.41) is 5.81. The van der Waals surface area contributed by atoms with E-state index < -0.39 is 11.6 Å². The molecule has 0 aliphatic rings. The maximum absolute atomic E-state index is 13.1. The van der Waals surface area contributed by atoms with Gasteiger partial charge in [0.2, 0.25) is 5.91 Å². The van der Waals surface area contributed by atoms with Crippen LogP contribution < -0.4 is 10.6 Å². The van der Waals surface area contributed by atoms with Gasteiger partial charge in [0.15, 0.2) is 0 Å². The molecule has 3 nitrogen and oxygen atoms in total. The van der Waals surface area contributed by atoms with E-state index in [1.807, 2.05) is 13.0 Å². The summed E-state index contributed by atoms with van der Waals surface area (Å²) >= 11 is 0. The first kappa shape index (κ1) is 15.0. The van der Waals surface area contributed by atoms with Crippen molar-refractivity contribution >= 4 is 17.3 Å². The first-order valence-corrected chi connectivity index (χ1v) is 6.51. The molecule has 5 heteroatoms. The monoisotopic (exact) mass is 290 g/mol. The second-order valence-corrected chi connectivity index (χ2v) is 4.84. The Morgan fingerprint density at radius 2 is 1.76 bits per heavy atom. The van der Waals surface area contributed by atoms with Crippen molar-refractivity contribution in [1.82, 2.24) is 0 Å². The van der Waals surface area contributed by atoms with E-state index in [9.17, 15) is 13.6 Å². The van der Waals surface area contributed by atoms with E-state index in [1.54, 1.807) is 12.1 Å². The predicted octanol–water partition coefficient (Wildman–Crippen LogP) is 3.84. The van der Waals surface area contributed by atoms with Gasteiger partial charge in [-0.05, 0) is 48.4 Å². The van der Waals surface area contributed by atoms with Gasteiger partial charge in [-0.2, -0.15) is 0 Å². The Bertz CT molecular complexity index is 651. The average molecular weight is 290 g/mol. The molecule has 0 aliphatic heterocycles. The van der Waals surface area contributed by atoms with E-state index in [1.165, 1.54) is 19.1 Å². The molecule has 1 amide bonds. The molecule has 0 spiro atoms. The van der Waals surface area contributed by atoms with Crippen LogP contribution >= 0.6 is 0 Å². The molecule has 0 radical (unpaired) electrons. The zero-order valence-corrected chi connectivity index (χ0v) is 11.8. The maximum atomic E-state index is 13.1. The molecule has 2 aromatic rings. The van der Waals surface area contributed by atoms with Crippen molar-refractivity contribution in [2.24, 2.45) is 0 Å². The minimum atomic E-state index is -0.594. The van der Waals surface area contributed by atoms with Crippen molar-refractivity contribution in [1.29, 1.82) is 0 Å². The number of benzene rings is 2. The molecule has 0 atom stereocenters. The number of halogens is 2. The lowest BCUT2D eigenvalue weighted by molar-refractivity contribution is -0.114. The van der Waals surface area contributed by atoms with Crippen LogP contribution in [0.3, 0.4) is 0 Å².